The summed E-state index contributed by atoms with van der Waals surface area (Å²) in [6, 6.07) is 4.85. The van der Waals surface area contributed by atoms with Crippen molar-refractivity contribution in [2.75, 3.05) is 37.5 Å². The Morgan fingerprint density at radius 2 is 1.95 bits per heavy atom. The van der Waals surface area contributed by atoms with E-state index in [0.29, 0.717) is 22.3 Å². The number of sulfone groups is 1. The number of carbonyl (C=O) groups excluding carboxylic acids is 1. The van der Waals surface area contributed by atoms with Gasteiger partial charge in [0.05, 0.1) is 22.3 Å². The van der Waals surface area contributed by atoms with Crippen LogP contribution in [0.4, 0.5) is 5.69 Å². The molecule has 124 valence electrons. The Morgan fingerprint density at radius 3 is 2.50 bits per heavy atom. The second kappa shape index (κ2) is 8.15. The summed E-state index contributed by atoms with van der Waals surface area (Å²) in [5.41, 5.74) is 0.567. The summed E-state index contributed by atoms with van der Waals surface area (Å²) >= 11 is 11.7. The fraction of sp³-hybridized carbons (Fsp3) is 0.500. The monoisotopic (exact) mass is 366 g/mol. The summed E-state index contributed by atoms with van der Waals surface area (Å²) < 4.78 is 22.4. The van der Waals surface area contributed by atoms with Gasteiger partial charge in [0.25, 0.3) is 0 Å². The predicted molar refractivity (Wildman–Crippen MR) is 91.5 cm³/mol. The molecule has 1 aromatic rings. The van der Waals surface area contributed by atoms with Gasteiger partial charge in [-0.1, -0.05) is 30.1 Å². The fourth-order valence-corrected chi connectivity index (χ4v) is 3.62. The third-order valence-corrected chi connectivity index (χ3v) is 4.74. The van der Waals surface area contributed by atoms with Crippen LogP contribution in [0.3, 0.4) is 0 Å². The predicted octanol–water partition coefficient (Wildman–Crippen LogP) is 2.54. The third-order valence-electron chi connectivity index (χ3n) is 2.83. The molecule has 8 heteroatoms. The molecule has 0 aromatic heterocycles. The highest BCUT2D eigenvalue weighted by molar-refractivity contribution is 7.90. The summed E-state index contributed by atoms with van der Waals surface area (Å²) in [6.07, 6.45) is 1.21. The van der Waals surface area contributed by atoms with Gasteiger partial charge in [0, 0.05) is 18.5 Å². The number of likely N-dealkylation sites (N-methyl/N-ethyl adjacent to an activating group) is 1. The molecule has 1 aromatic carbocycles. The molecule has 1 atom stereocenters. The van der Waals surface area contributed by atoms with Crippen molar-refractivity contribution in [3.05, 3.63) is 28.2 Å². The number of amides is 1. The van der Waals surface area contributed by atoms with Crippen LogP contribution in [-0.4, -0.2) is 51.4 Å². The summed E-state index contributed by atoms with van der Waals surface area (Å²) in [5.74, 6) is -0.142. The van der Waals surface area contributed by atoms with E-state index in [1.165, 1.54) is 6.26 Å². The number of benzene rings is 1. The zero-order valence-electron chi connectivity index (χ0n) is 12.8. The van der Waals surface area contributed by atoms with E-state index in [1.807, 2.05) is 6.92 Å². The average molecular weight is 367 g/mol. The molecule has 1 N–H and O–H groups in total. The van der Waals surface area contributed by atoms with Crippen LogP contribution in [0, 0.1) is 5.92 Å². The highest BCUT2D eigenvalue weighted by atomic mass is 35.5. The quantitative estimate of drug-likeness (QED) is 0.804. The number of carbonyl (C=O) groups is 1. The highest BCUT2D eigenvalue weighted by Gasteiger charge is 2.15. The van der Waals surface area contributed by atoms with Gasteiger partial charge in [0.2, 0.25) is 5.91 Å². The Labute approximate surface area is 141 Å². The van der Waals surface area contributed by atoms with Gasteiger partial charge in [-0.15, -0.1) is 0 Å². The van der Waals surface area contributed by atoms with Gasteiger partial charge >= 0.3 is 0 Å². The van der Waals surface area contributed by atoms with Crippen LogP contribution < -0.4 is 5.32 Å². The van der Waals surface area contributed by atoms with E-state index in [4.69, 9.17) is 23.2 Å². The van der Waals surface area contributed by atoms with Gasteiger partial charge in [0.1, 0.15) is 9.84 Å². The van der Waals surface area contributed by atoms with Gasteiger partial charge in [-0.25, -0.2) is 8.42 Å². The van der Waals surface area contributed by atoms with Gasteiger partial charge in [-0.05, 0) is 31.2 Å². The van der Waals surface area contributed by atoms with Crippen molar-refractivity contribution in [3.63, 3.8) is 0 Å². The Balaban J connectivity index is 2.48. The summed E-state index contributed by atoms with van der Waals surface area (Å²) in [6.45, 7) is 2.52. The molecule has 5 nitrogen and oxygen atoms in total. The highest BCUT2D eigenvalue weighted by Crippen LogP contribution is 2.24. The molecule has 0 saturated carbocycles. The summed E-state index contributed by atoms with van der Waals surface area (Å²) in [5, 5.41) is 3.51. The van der Waals surface area contributed by atoms with Crippen molar-refractivity contribution in [1.29, 1.82) is 0 Å². The van der Waals surface area contributed by atoms with Crippen LogP contribution in [-0.2, 0) is 14.6 Å². The lowest BCUT2D eigenvalue weighted by Crippen LogP contribution is -2.34. The lowest BCUT2D eigenvalue weighted by atomic mass is 10.2. The smallest absolute Gasteiger partial charge is 0.238 e. The van der Waals surface area contributed by atoms with Crippen molar-refractivity contribution in [2.24, 2.45) is 5.92 Å². The topological polar surface area (TPSA) is 66.5 Å². The standard InChI is InChI=1S/C14H20Cl2N2O3S/c1-10(9-22(3,20)21)7-18(2)8-14(19)17-11-4-5-12(15)13(16)6-11/h4-6,10H,7-9H2,1-3H3,(H,17,19). The summed E-state index contributed by atoms with van der Waals surface area (Å²) in [4.78, 5) is 13.7. The molecule has 0 bridgehead atoms. The minimum absolute atomic E-state index is 0.0437. The van der Waals surface area contributed by atoms with Crippen molar-refractivity contribution >= 4 is 44.6 Å². The minimum atomic E-state index is -3.01. The Hall–Kier alpha value is -0.820. The van der Waals surface area contributed by atoms with Crippen LogP contribution in [0.1, 0.15) is 6.92 Å². The second-order valence-electron chi connectivity index (χ2n) is 5.57. The summed E-state index contributed by atoms with van der Waals surface area (Å²) in [7, 11) is -1.24. The molecule has 0 aliphatic heterocycles. The first kappa shape index (κ1) is 19.2. The number of hydrogen-bond donors (Lipinski definition) is 1. The van der Waals surface area contributed by atoms with Crippen LogP contribution in [0.25, 0.3) is 0 Å². The molecule has 1 unspecified atom stereocenters. The van der Waals surface area contributed by atoms with E-state index in [9.17, 15) is 13.2 Å². The van der Waals surface area contributed by atoms with E-state index in [0.717, 1.165) is 0 Å². The van der Waals surface area contributed by atoms with Crippen LogP contribution >= 0.6 is 23.2 Å². The van der Waals surface area contributed by atoms with Crippen LogP contribution in [0.2, 0.25) is 10.0 Å². The normalized spacial score (nSPS) is 13.2. The Morgan fingerprint density at radius 1 is 1.32 bits per heavy atom. The Bertz CT molecular complexity index is 635. The molecule has 0 aliphatic rings. The van der Waals surface area contributed by atoms with Gasteiger partial charge in [-0.3, -0.25) is 9.69 Å². The largest absolute Gasteiger partial charge is 0.325 e. The maximum absolute atomic E-state index is 11.9. The molecule has 0 radical (unpaired) electrons. The maximum Gasteiger partial charge on any atom is 0.238 e. The van der Waals surface area contributed by atoms with Gasteiger partial charge in [-0.2, -0.15) is 0 Å². The molecule has 22 heavy (non-hydrogen) atoms. The van der Waals surface area contributed by atoms with E-state index < -0.39 is 9.84 Å². The first-order valence-corrected chi connectivity index (χ1v) is 9.49. The zero-order chi connectivity index (χ0) is 16.9. The van der Waals surface area contributed by atoms with Crippen molar-refractivity contribution in [3.8, 4) is 0 Å². The van der Waals surface area contributed by atoms with E-state index in [-0.39, 0.29) is 24.1 Å². The number of halogens is 2. The lowest BCUT2D eigenvalue weighted by molar-refractivity contribution is -0.117. The number of nitrogens with zero attached hydrogens (tertiary/aromatic N) is 1. The molecule has 0 heterocycles. The molecule has 1 amide bonds. The maximum atomic E-state index is 11.9. The molecule has 0 fully saturated rings. The number of nitrogens with one attached hydrogen (secondary N) is 1. The molecule has 0 spiro atoms. The van der Waals surface area contributed by atoms with Gasteiger partial charge in [0.15, 0.2) is 0 Å². The SMILES string of the molecule is CC(CN(C)CC(=O)Nc1ccc(Cl)c(Cl)c1)CS(C)(=O)=O. The van der Waals surface area contributed by atoms with E-state index >= 15 is 0 Å². The number of anilines is 1. The number of rotatable bonds is 7. The van der Waals surface area contributed by atoms with Crippen molar-refractivity contribution in [2.45, 2.75) is 6.92 Å². The Kier molecular flexibility index (Phi) is 7.12. The van der Waals surface area contributed by atoms with E-state index in [2.05, 4.69) is 5.32 Å². The molecular formula is C14H20Cl2N2O3S. The number of hydrogen-bond acceptors (Lipinski definition) is 4. The minimum Gasteiger partial charge on any atom is -0.325 e. The lowest BCUT2D eigenvalue weighted by Gasteiger charge is -2.20. The fourth-order valence-electron chi connectivity index (χ4n) is 2.19. The molecule has 0 aliphatic carbocycles. The van der Waals surface area contributed by atoms with Crippen molar-refractivity contribution in [1.82, 2.24) is 4.90 Å². The zero-order valence-corrected chi connectivity index (χ0v) is 15.1. The third kappa shape index (κ3) is 7.45. The first-order valence-electron chi connectivity index (χ1n) is 6.68. The molecule has 0 saturated heterocycles. The first-order chi connectivity index (χ1) is 10.1. The van der Waals surface area contributed by atoms with Crippen molar-refractivity contribution < 1.29 is 13.2 Å². The van der Waals surface area contributed by atoms with Gasteiger partial charge < -0.3 is 5.32 Å². The molecule has 1 rings (SSSR count). The van der Waals surface area contributed by atoms with Crippen LogP contribution in [0.5, 0.6) is 0 Å². The van der Waals surface area contributed by atoms with E-state index in [1.54, 1.807) is 30.1 Å². The second-order valence-corrected chi connectivity index (χ2v) is 8.57. The molecular weight excluding hydrogens is 347 g/mol. The van der Waals surface area contributed by atoms with Crippen LogP contribution in [0.15, 0.2) is 18.2 Å². The average Bonchev–Trinajstić information content (AvgIpc) is 2.30.